The Hall–Kier alpha value is -2.77. The number of hydrogen-bond acceptors (Lipinski definition) is 4. The van der Waals surface area contributed by atoms with Crippen LogP contribution in [-0.4, -0.2) is 25.8 Å². The lowest BCUT2D eigenvalue weighted by atomic mass is 9.97. The van der Waals surface area contributed by atoms with Crippen LogP contribution in [0.5, 0.6) is 0 Å². The Morgan fingerprint density at radius 2 is 1.86 bits per heavy atom. The summed E-state index contributed by atoms with van der Waals surface area (Å²) in [5.41, 5.74) is -2.96. The van der Waals surface area contributed by atoms with E-state index in [2.05, 4.69) is 21.1 Å². The van der Waals surface area contributed by atoms with E-state index in [1.807, 2.05) is 0 Å². The zero-order valence-electron chi connectivity index (χ0n) is 14.9. The van der Waals surface area contributed by atoms with Crippen LogP contribution in [0.25, 0.3) is 0 Å². The minimum Gasteiger partial charge on any atom is -0.343 e. The summed E-state index contributed by atoms with van der Waals surface area (Å²) >= 11 is 0. The van der Waals surface area contributed by atoms with Crippen LogP contribution in [0.2, 0.25) is 0 Å². The Morgan fingerprint density at radius 3 is 2.52 bits per heavy atom. The van der Waals surface area contributed by atoms with Crippen LogP contribution in [0.15, 0.2) is 18.5 Å². The molecule has 1 saturated heterocycles. The summed E-state index contributed by atoms with van der Waals surface area (Å²) in [6.45, 7) is 0.147. The molecule has 5 nitrogen and oxygen atoms in total. The van der Waals surface area contributed by atoms with E-state index >= 15 is 0 Å². The molecule has 0 aromatic carbocycles. The molecule has 2 aromatic rings. The maximum Gasteiger partial charge on any atom is 0.433 e. The summed E-state index contributed by atoms with van der Waals surface area (Å²) in [5, 5.41) is 7.88. The van der Waals surface area contributed by atoms with Crippen LogP contribution < -0.4 is 4.90 Å². The molecule has 1 aliphatic heterocycles. The smallest absolute Gasteiger partial charge is 0.343 e. The lowest BCUT2D eigenvalue weighted by Gasteiger charge is -2.36. The van der Waals surface area contributed by atoms with Gasteiger partial charge in [-0.25, -0.2) is 4.98 Å². The highest BCUT2D eigenvalue weighted by Crippen LogP contribution is 2.52. The van der Waals surface area contributed by atoms with Gasteiger partial charge in [0.1, 0.15) is 17.8 Å². The van der Waals surface area contributed by atoms with E-state index in [1.165, 1.54) is 11.2 Å². The molecule has 11 heteroatoms. The average Bonchev–Trinajstić information content (AvgIpc) is 3.35. The van der Waals surface area contributed by atoms with Gasteiger partial charge in [0.25, 0.3) is 0 Å². The summed E-state index contributed by atoms with van der Waals surface area (Å²) in [6.07, 6.45) is -1.12. The molecule has 2 aliphatic rings. The molecule has 2 bridgehead atoms. The van der Waals surface area contributed by atoms with Gasteiger partial charge < -0.3 is 9.47 Å². The first-order chi connectivity index (χ1) is 13.6. The molecular weight excluding hydrogens is 400 g/mol. The van der Waals surface area contributed by atoms with Gasteiger partial charge in [-0.2, -0.15) is 26.3 Å². The molecule has 2 fully saturated rings. The molecule has 1 saturated carbocycles. The summed E-state index contributed by atoms with van der Waals surface area (Å²) in [4.78, 5) is 5.08. The van der Waals surface area contributed by atoms with Crippen molar-refractivity contribution in [2.45, 2.75) is 50.2 Å². The molecule has 0 spiro atoms. The quantitative estimate of drug-likeness (QED) is 0.560. The average molecular weight is 415 g/mol. The highest BCUT2D eigenvalue weighted by molar-refractivity contribution is 5.49. The molecule has 1 aliphatic carbocycles. The van der Waals surface area contributed by atoms with Gasteiger partial charge in [0, 0.05) is 6.04 Å². The third kappa shape index (κ3) is 3.41. The minimum absolute atomic E-state index is 0.0198. The number of halogens is 6. The summed E-state index contributed by atoms with van der Waals surface area (Å²) in [6, 6.07) is -0.0573. The fourth-order valence-electron chi connectivity index (χ4n) is 4.32. The van der Waals surface area contributed by atoms with Crippen molar-refractivity contribution in [3.8, 4) is 12.3 Å². The first-order valence-electron chi connectivity index (χ1n) is 8.85. The largest absolute Gasteiger partial charge is 0.433 e. The number of alkyl halides is 6. The van der Waals surface area contributed by atoms with Crippen LogP contribution in [-0.2, 0) is 18.9 Å². The highest BCUT2D eigenvalue weighted by atomic mass is 19.4. The minimum atomic E-state index is -5.01. The maximum atomic E-state index is 13.3. The molecule has 29 heavy (non-hydrogen) atoms. The molecule has 0 radical (unpaired) electrons. The third-order valence-corrected chi connectivity index (χ3v) is 5.45. The van der Waals surface area contributed by atoms with Crippen molar-refractivity contribution >= 4 is 5.82 Å². The predicted molar refractivity (Wildman–Crippen MR) is 89.4 cm³/mol. The number of fused-ring (bicyclic) bond motifs is 2. The molecule has 154 valence electrons. The van der Waals surface area contributed by atoms with Crippen LogP contribution in [0.4, 0.5) is 32.2 Å². The Bertz CT molecular complexity index is 925. The van der Waals surface area contributed by atoms with E-state index in [4.69, 9.17) is 6.42 Å². The number of pyridine rings is 1. The first-order valence-corrected chi connectivity index (χ1v) is 8.85. The van der Waals surface area contributed by atoms with Gasteiger partial charge in [0.15, 0.2) is 5.82 Å². The van der Waals surface area contributed by atoms with Gasteiger partial charge in [-0.3, -0.25) is 0 Å². The topological polar surface area (TPSA) is 46.8 Å². The molecule has 2 aromatic heterocycles. The Balaban J connectivity index is 1.84. The van der Waals surface area contributed by atoms with Crippen molar-refractivity contribution < 1.29 is 26.3 Å². The zero-order valence-corrected chi connectivity index (χ0v) is 14.9. The van der Waals surface area contributed by atoms with Crippen LogP contribution in [0.1, 0.15) is 42.4 Å². The van der Waals surface area contributed by atoms with Crippen molar-refractivity contribution in [1.82, 2.24) is 19.7 Å². The monoisotopic (exact) mass is 415 g/mol. The highest BCUT2D eigenvalue weighted by Gasteiger charge is 2.50. The van der Waals surface area contributed by atoms with Crippen molar-refractivity contribution in [3.63, 3.8) is 0 Å². The van der Waals surface area contributed by atoms with Crippen LogP contribution >= 0.6 is 0 Å². The molecule has 0 N–H and O–H groups in total. The second-order valence-electron chi connectivity index (χ2n) is 7.20. The number of hydrogen-bond donors (Lipinski definition) is 0. The Morgan fingerprint density at radius 1 is 1.10 bits per heavy atom. The van der Waals surface area contributed by atoms with Gasteiger partial charge in [0.2, 0.25) is 0 Å². The van der Waals surface area contributed by atoms with Gasteiger partial charge in [0.05, 0.1) is 18.2 Å². The maximum absolute atomic E-state index is 13.3. The lowest BCUT2D eigenvalue weighted by Crippen LogP contribution is -2.37. The summed E-state index contributed by atoms with van der Waals surface area (Å²) in [7, 11) is 0. The second-order valence-corrected chi connectivity index (χ2v) is 7.20. The van der Waals surface area contributed by atoms with Crippen molar-refractivity contribution in [3.05, 3.63) is 35.5 Å². The van der Waals surface area contributed by atoms with E-state index in [0.717, 1.165) is 6.42 Å². The molecule has 0 unspecified atom stereocenters. The fraction of sp³-hybridized carbons (Fsp3) is 0.500. The van der Waals surface area contributed by atoms with E-state index < -0.39 is 29.7 Å². The molecule has 4 rings (SSSR count). The first kappa shape index (κ1) is 19.5. The van der Waals surface area contributed by atoms with Crippen LogP contribution in [0.3, 0.4) is 0 Å². The Kier molecular flexibility index (Phi) is 4.47. The predicted octanol–water partition coefficient (Wildman–Crippen LogP) is 4.07. The Labute approximate surface area is 161 Å². The van der Waals surface area contributed by atoms with Crippen molar-refractivity contribution in [1.29, 1.82) is 0 Å². The van der Waals surface area contributed by atoms with E-state index in [9.17, 15) is 26.3 Å². The zero-order chi connectivity index (χ0) is 21.0. The second kappa shape index (κ2) is 6.64. The lowest BCUT2D eigenvalue weighted by molar-refractivity contribution is -0.145. The van der Waals surface area contributed by atoms with E-state index in [1.54, 1.807) is 4.57 Å². The van der Waals surface area contributed by atoms with Gasteiger partial charge in [-0.1, -0.05) is 5.92 Å². The van der Waals surface area contributed by atoms with E-state index in [-0.39, 0.29) is 30.4 Å². The van der Waals surface area contributed by atoms with Gasteiger partial charge >= 0.3 is 12.4 Å². The number of aromatic nitrogens is 4. The molecule has 0 amide bonds. The molecule has 3 heterocycles. The summed E-state index contributed by atoms with van der Waals surface area (Å²) < 4.78 is 81.2. The van der Waals surface area contributed by atoms with Gasteiger partial charge in [-0.15, -0.1) is 16.6 Å². The van der Waals surface area contributed by atoms with Crippen molar-refractivity contribution in [2.24, 2.45) is 5.92 Å². The van der Waals surface area contributed by atoms with Crippen LogP contribution in [0, 0.1) is 18.3 Å². The van der Waals surface area contributed by atoms with Crippen molar-refractivity contribution in [2.75, 3.05) is 4.90 Å². The van der Waals surface area contributed by atoms with E-state index in [0.29, 0.717) is 24.7 Å². The fourth-order valence-corrected chi connectivity index (χ4v) is 4.32. The normalized spacial score (nSPS) is 24.2. The molecular formula is C18H15F6N5. The number of nitrogens with zero attached hydrogens (tertiary/aromatic N) is 5. The third-order valence-electron chi connectivity index (χ3n) is 5.45. The van der Waals surface area contributed by atoms with Gasteiger partial charge in [-0.05, 0) is 37.3 Å². The standard InChI is InChI=1S/C18H15F6N5/c1-2-5-28-9-25-27-16(28)15-10-3-4-12(6-10)29(15)14-8-11(17(19,20)21)7-13(26-14)18(22,23)24/h1,7-10,12,15H,3-6H2/t10-,12+,15-/m0/s1. The number of anilines is 1. The molecule has 3 atom stereocenters. The summed E-state index contributed by atoms with van der Waals surface area (Å²) in [5.74, 6) is 2.52. The number of rotatable bonds is 3. The SMILES string of the molecule is C#CCn1cnnc1[C@@H]1[C@H]2CC[C@H](C2)N1c1cc(C(F)(F)F)cc(C(F)(F)F)n1. The number of piperidine rings is 1. The number of terminal acetylenes is 1.